The molecule has 6 heteroatoms. The minimum Gasteiger partial charge on any atom is -0.442 e. The van der Waals surface area contributed by atoms with Gasteiger partial charge < -0.3 is 4.74 Å². The van der Waals surface area contributed by atoms with Gasteiger partial charge in [0, 0.05) is 0 Å². The Morgan fingerprint density at radius 1 is 1.29 bits per heavy atom. The molecule has 0 radical (unpaired) electrons. The molecular weight excluding hydrogens is 290 g/mol. The molecule has 0 aliphatic carbocycles. The normalized spacial score (nSPS) is 22.5. The standard InChI is InChI=1S/C15H19NO4S/c1-5-13-14(10(2)3)20-15(17)16(13)21(18,19)12-8-6-11(4)7-9-12/h5-10,13-14H,1H2,2-4H3/t13-,14+/m1/s1. The number of rotatable bonds is 4. The van der Waals surface area contributed by atoms with E-state index in [0.29, 0.717) is 0 Å². The number of ether oxygens (including phenoxy) is 1. The minimum absolute atomic E-state index is 0.00447. The van der Waals surface area contributed by atoms with Crippen molar-refractivity contribution >= 4 is 16.1 Å². The van der Waals surface area contributed by atoms with E-state index in [1.165, 1.54) is 18.2 Å². The van der Waals surface area contributed by atoms with Crippen LogP contribution in [0.3, 0.4) is 0 Å². The van der Waals surface area contributed by atoms with Crippen LogP contribution in [0.25, 0.3) is 0 Å². The lowest BCUT2D eigenvalue weighted by molar-refractivity contribution is 0.108. The molecule has 0 N–H and O–H groups in total. The lowest BCUT2D eigenvalue weighted by Crippen LogP contribution is -2.41. The van der Waals surface area contributed by atoms with E-state index in [1.807, 2.05) is 20.8 Å². The van der Waals surface area contributed by atoms with Gasteiger partial charge in [0.25, 0.3) is 10.0 Å². The van der Waals surface area contributed by atoms with Crippen molar-refractivity contribution in [3.8, 4) is 0 Å². The van der Waals surface area contributed by atoms with E-state index in [-0.39, 0.29) is 10.8 Å². The highest BCUT2D eigenvalue weighted by atomic mass is 32.2. The number of carbonyl (C=O) groups is 1. The molecule has 1 amide bonds. The number of hydrogen-bond donors (Lipinski definition) is 0. The van der Waals surface area contributed by atoms with Crippen molar-refractivity contribution < 1.29 is 17.9 Å². The van der Waals surface area contributed by atoms with E-state index in [1.54, 1.807) is 12.1 Å². The van der Waals surface area contributed by atoms with E-state index in [9.17, 15) is 13.2 Å². The lowest BCUT2D eigenvalue weighted by atomic mass is 10.0. The van der Waals surface area contributed by atoms with Gasteiger partial charge in [-0.1, -0.05) is 37.6 Å². The molecule has 5 nitrogen and oxygen atoms in total. The van der Waals surface area contributed by atoms with E-state index in [4.69, 9.17) is 4.74 Å². The third-order valence-electron chi connectivity index (χ3n) is 3.50. The number of benzene rings is 1. The van der Waals surface area contributed by atoms with E-state index < -0.39 is 28.3 Å². The molecule has 0 bridgehead atoms. The molecule has 2 atom stereocenters. The molecule has 21 heavy (non-hydrogen) atoms. The van der Waals surface area contributed by atoms with Crippen molar-refractivity contribution in [2.75, 3.05) is 0 Å². The van der Waals surface area contributed by atoms with Crippen LogP contribution < -0.4 is 0 Å². The number of nitrogens with zero attached hydrogens (tertiary/aromatic N) is 1. The zero-order valence-corrected chi connectivity index (χ0v) is 13.1. The SMILES string of the molecule is C=C[C@@H]1[C@H](C(C)C)OC(=O)N1S(=O)(=O)c1ccc(C)cc1. The highest BCUT2D eigenvalue weighted by Crippen LogP contribution is 2.31. The molecule has 0 aromatic heterocycles. The number of cyclic esters (lactones) is 1. The summed E-state index contributed by atoms with van der Waals surface area (Å²) in [5.41, 5.74) is 0.943. The Bertz CT molecular complexity index is 649. The molecule has 1 aliphatic rings. The van der Waals surface area contributed by atoms with Gasteiger partial charge >= 0.3 is 6.09 Å². The molecule has 114 valence electrons. The van der Waals surface area contributed by atoms with Gasteiger partial charge in [-0.2, -0.15) is 4.31 Å². The van der Waals surface area contributed by atoms with Crippen molar-refractivity contribution in [1.29, 1.82) is 0 Å². The zero-order valence-electron chi connectivity index (χ0n) is 12.3. The van der Waals surface area contributed by atoms with Crippen molar-refractivity contribution in [3.63, 3.8) is 0 Å². The van der Waals surface area contributed by atoms with Gasteiger partial charge in [0.05, 0.1) is 4.90 Å². The average molecular weight is 309 g/mol. The van der Waals surface area contributed by atoms with Gasteiger partial charge in [0.2, 0.25) is 0 Å². The first-order chi connectivity index (χ1) is 9.78. The molecule has 1 heterocycles. The molecule has 1 aromatic carbocycles. The topological polar surface area (TPSA) is 63.7 Å². The molecule has 2 rings (SSSR count). The Morgan fingerprint density at radius 2 is 1.86 bits per heavy atom. The minimum atomic E-state index is -3.94. The summed E-state index contributed by atoms with van der Waals surface area (Å²) < 4.78 is 31.3. The van der Waals surface area contributed by atoms with Crippen molar-refractivity contribution in [2.45, 2.75) is 37.8 Å². The number of hydrogen-bond acceptors (Lipinski definition) is 4. The van der Waals surface area contributed by atoms with Gasteiger partial charge in [-0.15, -0.1) is 6.58 Å². The van der Waals surface area contributed by atoms with Crippen LogP contribution in [0, 0.1) is 12.8 Å². The quantitative estimate of drug-likeness (QED) is 0.802. The second-order valence-electron chi connectivity index (χ2n) is 5.43. The number of carbonyl (C=O) groups excluding carboxylic acids is 1. The van der Waals surface area contributed by atoms with Crippen LogP contribution in [0.5, 0.6) is 0 Å². The van der Waals surface area contributed by atoms with Crippen LogP contribution in [0.2, 0.25) is 0 Å². The zero-order chi connectivity index (χ0) is 15.8. The number of amides is 1. The summed E-state index contributed by atoms with van der Waals surface area (Å²) in [5.74, 6) is -0.00447. The molecule has 1 saturated heterocycles. The Morgan fingerprint density at radius 3 is 2.33 bits per heavy atom. The maximum atomic E-state index is 12.7. The number of aryl methyl sites for hydroxylation is 1. The highest BCUT2D eigenvalue weighted by Gasteiger charge is 2.48. The first-order valence-electron chi connectivity index (χ1n) is 6.73. The largest absolute Gasteiger partial charge is 0.442 e. The van der Waals surface area contributed by atoms with Crippen molar-refractivity contribution in [3.05, 3.63) is 42.5 Å². The fraction of sp³-hybridized carbons (Fsp3) is 0.400. The number of sulfonamides is 1. The summed E-state index contributed by atoms with van der Waals surface area (Å²) in [6.45, 7) is 9.25. The van der Waals surface area contributed by atoms with Crippen LogP contribution in [0.1, 0.15) is 19.4 Å². The first-order valence-corrected chi connectivity index (χ1v) is 8.17. The van der Waals surface area contributed by atoms with E-state index >= 15 is 0 Å². The molecule has 0 spiro atoms. The first kappa shape index (κ1) is 15.6. The van der Waals surface area contributed by atoms with E-state index in [2.05, 4.69) is 6.58 Å². The summed E-state index contributed by atoms with van der Waals surface area (Å²) in [5, 5.41) is 0. The summed E-state index contributed by atoms with van der Waals surface area (Å²) in [6, 6.07) is 5.67. The summed E-state index contributed by atoms with van der Waals surface area (Å²) in [6.07, 6.45) is 0.0794. The molecule has 1 aliphatic heterocycles. The van der Waals surface area contributed by atoms with Crippen molar-refractivity contribution in [1.82, 2.24) is 4.31 Å². The Hall–Kier alpha value is -1.82. The van der Waals surface area contributed by atoms with Crippen LogP contribution in [-0.2, 0) is 14.8 Å². The molecular formula is C15H19NO4S. The van der Waals surface area contributed by atoms with E-state index in [0.717, 1.165) is 9.87 Å². The summed E-state index contributed by atoms with van der Waals surface area (Å²) in [7, 11) is -3.94. The van der Waals surface area contributed by atoms with Gasteiger partial charge in [0.1, 0.15) is 12.1 Å². The van der Waals surface area contributed by atoms with Crippen LogP contribution in [0.4, 0.5) is 4.79 Å². The molecule has 0 unspecified atom stereocenters. The third kappa shape index (κ3) is 2.68. The average Bonchev–Trinajstić information content (AvgIpc) is 2.76. The Balaban J connectivity index is 2.45. The Labute approximate surface area is 125 Å². The van der Waals surface area contributed by atoms with Gasteiger partial charge in [0.15, 0.2) is 0 Å². The lowest BCUT2D eigenvalue weighted by Gasteiger charge is -2.22. The smallest absolute Gasteiger partial charge is 0.424 e. The molecule has 1 fully saturated rings. The monoisotopic (exact) mass is 309 g/mol. The predicted octanol–water partition coefficient (Wildman–Crippen LogP) is 2.72. The molecule has 1 aromatic rings. The predicted molar refractivity (Wildman–Crippen MR) is 79.3 cm³/mol. The fourth-order valence-corrected chi connectivity index (χ4v) is 3.81. The second-order valence-corrected chi connectivity index (χ2v) is 7.25. The summed E-state index contributed by atoms with van der Waals surface area (Å²) >= 11 is 0. The summed E-state index contributed by atoms with van der Waals surface area (Å²) in [4.78, 5) is 12.1. The van der Waals surface area contributed by atoms with Gasteiger partial charge in [-0.3, -0.25) is 0 Å². The van der Waals surface area contributed by atoms with Crippen LogP contribution >= 0.6 is 0 Å². The Kier molecular flexibility index (Phi) is 4.09. The van der Waals surface area contributed by atoms with Crippen molar-refractivity contribution in [2.24, 2.45) is 5.92 Å². The maximum absolute atomic E-state index is 12.7. The second kappa shape index (κ2) is 5.52. The maximum Gasteiger partial charge on any atom is 0.424 e. The highest BCUT2D eigenvalue weighted by molar-refractivity contribution is 7.89. The molecule has 0 saturated carbocycles. The fourth-order valence-electron chi connectivity index (χ4n) is 2.34. The van der Waals surface area contributed by atoms with Gasteiger partial charge in [-0.05, 0) is 25.0 Å². The third-order valence-corrected chi connectivity index (χ3v) is 5.28. The van der Waals surface area contributed by atoms with Crippen LogP contribution in [-0.4, -0.2) is 31.0 Å². The van der Waals surface area contributed by atoms with Gasteiger partial charge in [-0.25, -0.2) is 13.2 Å². The van der Waals surface area contributed by atoms with Crippen LogP contribution in [0.15, 0.2) is 41.8 Å².